The molecule has 160 valence electrons. The Morgan fingerprint density at radius 3 is 2.39 bits per heavy atom. The van der Waals surface area contributed by atoms with Crippen molar-refractivity contribution >= 4 is 36.5 Å². The Balaban J connectivity index is 0.00000196. The molecule has 28 heavy (non-hydrogen) atoms. The second-order valence-corrected chi connectivity index (χ2v) is 8.19. The zero-order valence-electron chi connectivity index (χ0n) is 17.1. The van der Waals surface area contributed by atoms with Crippen molar-refractivity contribution < 1.29 is 4.79 Å². The molecule has 1 aromatic heterocycles. The van der Waals surface area contributed by atoms with Gasteiger partial charge in [0.15, 0.2) is 0 Å². The third-order valence-corrected chi connectivity index (χ3v) is 6.02. The first-order valence-corrected chi connectivity index (χ1v) is 10.1. The van der Waals surface area contributed by atoms with Crippen molar-refractivity contribution in [2.75, 3.05) is 24.5 Å². The number of nitrogens with zero attached hydrogens (tertiary/aromatic N) is 3. The number of rotatable bonds is 5. The number of carbonyl (C=O) groups is 1. The minimum absolute atomic E-state index is 0. The van der Waals surface area contributed by atoms with Crippen molar-refractivity contribution in [2.24, 2.45) is 11.1 Å². The fourth-order valence-electron chi connectivity index (χ4n) is 4.49. The summed E-state index contributed by atoms with van der Waals surface area (Å²) in [5.74, 6) is 2.00. The van der Waals surface area contributed by atoms with Gasteiger partial charge >= 0.3 is 0 Å². The molecule has 3 rings (SSSR count). The van der Waals surface area contributed by atoms with Gasteiger partial charge in [-0.05, 0) is 51.5 Å². The zero-order valence-corrected chi connectivity index (χ0v) is 18.7. The zero-order chi connectivity index (χ0) is 18.6. The van der Waals surface area contributed by atoms with Gasteiger partial charge < -0.3 is 16.0 Å². The molecule has 0 bridgehead atoms. The number of nitrogens with one attached hydrogen (secondary N) is 1. The predicted octanol–water partition coefficient (Wildman–Crippen LogP) is 3.32. The van der Waals surface area contributed by atoms with Gasteiger partial charge in [-0.15, -0.1) is 24.8 Å². The summed E-state index contributed by atoms with van der Waals surface area (Å²) in [6.45, 7) is 6.41. The lowest BCUT2D eigenvalue weighted by molar-refractivity contribution is -0.124. The number of amides is 1. The first-order valence-electron chi connectivity index (χ1n) is 10.1. The highest BCUT2D eigenvalue weighted by molar-refractivity contribution is 5.85. The van der Waals surface area contributed by atoms with Crippen LogP contribution in [0.5, 0.6) is 0 Å². The van der Waals surface area contributed by atoms with E-state index in [2.05, 4.69) is 20.2 Å². The van der Waals surface area contributed by atoms with Gasteiger partial charge in [-0.2, -0.15) is 0 Å². The van der Waals surface area contributed by atoms with Crippen LogP contribution in [0.4, 0.5) is 5.82 Å². The van der Waals surface area contributed by atoms with E-state index < -0.39 is 0 Å². The highest BCUT2D eigenvalue weighted by atomic mass is 35.5. The van der Waals surface area contributed by atoms with Gasteiger partial charge in [-0.1, -0.05) is 19.3 Å². The molecular weight excluding hydrogens is 397 g/mol. The van der Waals surface area contributed by atoms with Crippen LogP contribution in [0.2, 0.25) is 0 Å². The molecule has 3 N–H and O–H groups in total. The average molecular weight is 432 g/mol. The van der Waals surface area contributed by atoms with Crippen LogP contribution in [0.1, 0.15) is 62.9 Å². The van der Waals surface area contributed by atoms with E-state index in [9.17, 15) is 4.79 Å². The maximum Gasteiger partial charge on any atom is 0.220 e. The van der Waals surface area contributed by atoms with E-state index in [-0.39, 0.29) is 42.2 Å². The third kappa shape index (κ3) is 6.46. The Morgan fingerprint density at radius 2 is 1.82 bits per heavy atom. The summed E-state index contributed by atoms with van der Waals surface area (Å²) in [4.78, 5) is 23.8. The lowest BCUT2D eigenvalue weighted by Gasteiger charge is -2.37. The lowest BCUT2D eigenvalue weighted by Crippen LogP contribution is -2.47. The molecule has 1 aliphatic carbocycles. The predicted molar refractivity (Wildman–Crippen MR) is 119 cm³/mol. The molecule has 0 radical (unpaired) electrons. The first-order chi connectivity index (χ1) is 12.5. The lowest BCUT2D eigenvalue weighted by atomic mass is 9.71. The number of anilines is 1. The Kier molecular flexibility index (Phi) is 9.95. The summed E-state index contributed by atoms with van der Waals surface area (Å²) < 4.78 is 0. The molecule has 2 aliphatic rings. The van der Waals surface area contributed by atoms with Gasteiger partial charge in [-0.25, -0.2) is 9.97 Å². The van der Waals surface area contributed by atoms with Crippen LogP contribution < -0.4 is 16.0 Å². The van der Waals surface area contributed by atoms with Gasteiger partial charge in [0.1, 0.15) is 11.6 Å². The molecule has 0 unspecified atom stereocenters. The van der Waals surface area contributed by atoms with Crippen LogP contribution in [-0.2, 0) is 4.79 Å². The summed E-state index contributed by atoms with van der Waals surface area (Å²) in [6, 6.07) is 2.31. The van der Waals surface area contributed by atoms with Crippen molar-refractivity contribution in [3.8, 4) is 0 Å². The number of aryl methyl sites for hydroxylation is 2. The number of nitrogens with two attached hydrogens (primary N) is 1. The van der Waals surface area contributed by atoms with Crippen molar-refractivity contribution in [2.45, 2.75) is 71.3 Å². The SMILES string of the molecule is Cc1cc(N2CCC(NC(=O)CC3(CN)CCCCC3)CC2)nc(C)n1.Cl.Cl. The fourth-order valence-corrected chi connectivity index (χ4v) is 4.49. The standard InChI is InChI=1S/C20H33N5O.2ClH/c1-15-12-18(23-16(2)22-15)25-10-6-17(7-11-25)24-19(26)13-20(14-21)8-4-3-5-9-20;;/h12,17H,3-11,13-14,21H2,1-2H3,(H,24,26);2*1H. The van der Waals surface area contributed by atoms with E-state index in [1.807, 2.05) is 19.9 Å². The molecule has 1 saturated heterocycles. The Bertz CT molecular complexity index is 609. The fraction of sp³-hybridized carbons (Fsp3) is 0.750. The van der Waals surface area contributed by atoms with Gasteiger partial charge in [0, 0.05) is 37.3 Å². The van der Waals surface area contributed by atoms with Crippen molar-refractivity contribution in [3.63, 3.8) is 0 Å². The second-order valence-electron chi connectivity index (χ2n) is 8.19. The number of halogens is 2. The topological polar surface area (TPSA) is 84.1 Å². The van der Waals surface area contributed by atoms with E-state index in [0.717, 1.165) is 56.1 Å². The van der Waals surface area contributed by atoms with E-state index in [4.69, 9.17) is 5.73 Å². The van der Waals surface area contributed by atoms with Crippen LogP contribution in [0.15, 0.2) is 6.07 Å². The normalized spacial score (nSPS) is 19.3. The van der Waals surface area contributed by atoms with Crippen LogP contribution in [0.3, 0.4) is 0 Å². The molecule has 1 aliphatic heterocycles. The molecule has 0 atom stereocenters. The molecular formula is C20H35Cl2N5O. The number of aromatic nitrogens is 2. The minimum atomic E-state index is 0. The Hall–Kier alpha value is -1.11. The molecule has 1 saturated carbocycles. The van der Waals surface area contributed by atoms with Crippen LogP contribution in [0.25, 0.3) is 0 Å². The molecule has 0 spiro atoms. The number of hydrogen-bond donors (Lipinski definition) is 2. The monoisotopic (exact) mass is 431 g/mol. The van der Waals surface area contributed by atoms with Gasteiger partial charge in [0.25, 0.3) is 0 Å². The van der Waals surface area contributed by atoms with Gasteiger partial charge in [-0.3, -0.25) is 4.79 Å². The van der Waals surface area contributed by atoms with Crippen LogP contribution in [-0.4, -0.2) is 41.6 Å². The summed E-state index contributed by atoms with van der Waals surface area (Å²) in [5.41, 5.74) is 7.07. The first kappa shape index (κ1) is 24.9. The average Bonchev–Trinajstić information content (AvgIpc) is 2.62. The van der Waals surface area contributed by atoms with Crippen molar-refractivity contribution in [1.29, 1.82) is 0 Å². The van der Waals surface area contributed by atoms with Gasteiger partial charge in [0.05, 0.1) is 0 Å². The Morgan fingerprint density at radius 1 is 1.18 bits per heavy atom. The molecule has 8 heteroatoms. The van der Waals surface area contributed by atoms with E-state index in [0.29, 0.717) is 13.0 Å². The number of hydrogen-bond acceptors (Lipinski definition) is 5. The molecule has 2 heterocycles. The summed E-state index contributed by atoms with van der Waals surface area (Å²) in [6.07, 6.45) is 8.41. The van der Waals surface area contributed by atoms with Gasteiger partial charge in [0.2, 0.25) is 5.91 Å². The van der Waals surface area contributed by atoms with E-state index in [1.165, 1.54) is 19.3 Å². The Labute approximate surface area is 181 Å². The number of piperidine rings is 1. The molecule has 0 aromatic carbocycles. The number of carbonyl (C=O) groups excluding carboxylic acids is 1. The molecule has 2 fully saturated rings. The molecule has 1 amide bonds. The maximum atomic E-state index is 12.6. The van der Waals surface area contributed by atoms with Crippen LogP contribution in [0, 0.1) is 19.3 Å². The highest BCUT2D eigenvalue weighted by Crippen LogP contribution is 2.38. The maximum absolute atomic E-state index is 12.6. The smallest absolute Gasteiger partial charge is 0.220 e. The summed E-state index contributed by atoms with van der Waals surface area (Å²) in [7, 11) is 0. The van der Waals surface area contributed by atoms with E-state index >= 15 is 0 Å². The van der Waals surface area contributed by atoms with E-state index in [1.54, 1.807) is 0 Å². The van der Waals surface area contributed by atoms with Crippen molar-refractivity contribution in [3.05, 3.63) is 17.6 Å². The highest BCUT2D eigenvalue weighted by Gasteiger charge is 2.33. The van der Waals surface area contributed by atoms with Crippen LogP contribution >= 0.6 is 24.8 Å². The molecule has 6 nitrogen and oxygen atoms in total. The quantitative estimate of drug-likeness (QED) is 0.746. The molecule has 1 aromatic rings. The third-order valence-electron chi connectivity index (χ3n) is 6.02. The second kappa shape index (κ2) is 11.2. The largest absolute Gasteiger partial charge is 0.356 e. The van der Waals surface area contributed by atoms with Crippen molar-refractivity contribution in [1.82, 2.24) is 15.3 Å². The summed E-state index contributed by atoms with van der Waals surface area (Å²) in [5, 5.41) is 3.27. The summed E-state index contributed by atoms with van der Waals surface area (Å²) >= 11 is 0. The minimum Gasteiger partial charge on any atom is -0.356 e.